The number of halogens is 3. The zero-order chi connectivity index (χ0) is 12.6. The molecule has 92 valence electrons. The maximum absolute atomic E-state index is 12.4. The molecular weight excluding hydrogens is 237 g/mol. The summed E-state index contributed by atoms with van der Waals surface area (Å²) in [4.78, 5) is 15.4. The Bertz CT molecular complexity index is 441. The van der Waals surface area contributed by atoms with Crippen molar-refractivity contribution >= 4 is 11.7 Å². The molecule has 1 N–H and O–H groups in total. The van der Waals surface area contributed by atoms with Crippen molar-refractivity contribution in [1.29, 1.82) is 0 Å². The number of alkyl halides is 3. The molecule has 0 aromatic carbocycles. The van der Waals surface area contributed by atoms with E-state index in [1.807, 2.05) is 0 Å². The zero-order valence-electron chi connectivity index (χ0n) is 8.61. The first-order valence-electron chi connectivity index (χ1n) is 4.89. The van der Waals surface area contributed by atoms with Gasteiger partial charge in [-0.3, -0.25) is 9.78 Å². The van der Waals surface area contributed by atoms with Crippen molar-refractivity contribution in [3.8, 4) is 0 Å². The van der Waals surface area contributed by atoms with Crippen molar-refractivity contribution in [2.75, 3.05) is 18.0 Å². The molecule has 1 fully saturated rings. The van der Waals surface area contributed by atoms with Crippen molar-refractivity contribution in [2.45, 2.75) is 6.18 Å². The fraction of sp³-hybridized carbons (Fsp3) is 0.400. The Hall–Kier alpha value is -1.79. The number of anilines is 1. The highest BCUT2D eigenvalue weighted by atomic mass is 19.4. The number of hydrogen-bond acceptors (Lipinski definition) is 3. The summed E-state index contributed by atoms with van der Waals surface area (Å²) >= 11 is 0. The van der Waals surface area contributed by atoms with E-state index in [9.17, 15) is 18.0 Å². The molecule has 1 aromatic rings. The standard InChI is InChI=1S/C10H9F3N2O2/c11-10(12,13)8-3-7(1-2-14-8)15-4-6(5-15)9(16)17/h1-3,6H,4-5H2,(H,16,17). The molecule has 0 atom stereocenters. The quantitative estimate of drug-likeness (QED) is 0.861. The van der Waals surface area contributed by atoms with E-state index in [4.69, 9.17) is 5.11 Å². The van der Waals surface area contributed by atoms with Crippen LogP contribution in [-0.4, -0.2) is 29.1 Å². The molecule has 0 radical (unpaired) electrons. The Labute approximate surface area is 94.7 Å². The Morgan fingerprint density at radius 3 is 2.65 bits per heavy atom. The number of aromatic nitrogens is 1. The summed E-state index contributed by atoms with van der Waals surface area (Å²) in [5.74, 6) is -1.43. The highest BCUT2D eigenvalue weighted by molar-refractivity contribution is 5.74. The summed E-state index contributed by atoms with van der Waals surface area (Å²) in [6, 6.07) is 2.37. The van der Waals surface area contributed by atoms with E-state index in [0.717, 1.165) is 12.3 Å². The van der Waals surface area contributed by atoms with Crippen LogP contribution in [0.1, 0.15) is 5.69 Å². The first-order valence-corrected chi connectivity index (χ1v) is 4.89. The number of carbonyl (C=O) groups is 1. The highest BCUT2D eigenvalue weighted by Gasteiger charge is 2.36. The molecule has 1 aromatic heterocycles. The molecule has 1 aliphatic heterocycles. The lowest BCUT2D eigenvalue weighted by molar-refractivity contribution is -0.143. The fourth-order valence-electron chi connectivity index (χ4n) is 1.62. The molecule has 0 spiro atoms. The highest BCUT2D eigenvalue weighted by Crippen LogP contribution is 2.31. The number of aliphatic carboxylic acids is 1. The Kier molecular flexibility index (Phi) is 2.68. The van der Waals surface area contributed by atoms with Crippen molar-refractivity contribution in [1.82, 2.24) is 4.98 Å². The fourth-order valence-corrected chi connectivity index (χ4v) is 1.62. The van der Waals surface area contributed by atoms with Gasteiger partial charge in [-0.05, 0) is 12.1 Å². The van der Waals surface area contributed by atoms with Gasteiger partial charge in [0.05, 0.1) is 5.92 Å². The monoisotopic (exact) mass is 246 g/mol. The minimum Gasteiger partial charge on any atom is -0.481 e. The lowest BCUT2D eigenvalue weighted by Gasteiger charge is -2.38. The van der Waals surface area contributed by atoms with Crippen LogP contribution in [0.5, 0.6) is 0 Å². The molecule has 1 aliphatic rings. The molecule has 0 unspecified atom stereocenters. The maximum Gasteiger partial charge on any atom is 0.433 e. The van der Waals surface area contributed by atoms with Crippen LogP contribution in [0, 0.1) is 5.92 Å². The van der Waals surface area contributed by atoms with Crippen LogP contribution in [-0.2, 0) is 11.0 Å². The van der Waals surface area contributed by atoms with Gasteiger partial charge in [0, 0.05) is 25.0 Å². The Balaban J connectivity index is 2.11. The summed E-state index contributed by atoms with van der Waals surface area (Å²) in [6.07, 6.45) is -3.40. The molecule has 0 aliphatic carbocycles. The van der Waals surface area contributed by atoms with Gasteiger partial charge in [-0.15, -0.1) is 0 Å². The van der Waals surface area contributed by atoms with Crippen molar-refractivity contribution in [3.05, 3.63) is 24.0 Å². The second-order valence-corrected chi connectivity index (χ2v) is 3.84. The number of hydrogen-bond donors (Lipinski definition) is 1. The summed E-state index contributed by atoms with van der Waals surface area (Å²) in [6.45, 7) is 0.466. The largest absolute Gasteiger partial charge is 0.481 e. The van der Waals surface area contributed by atoms with Gasteiger partial charge in [0.1, 0.15) is 5.69 Å². The van der Waals surface area contributed by atoms with Crippen molar-refractivity contribution < 1.29 is 23.1 Å². The van der Waals surface area contributed by atoms with Gasteiger partial charge in [0.25, 0.3) is 0 Å². The van der Waals surface area contributed by atoms with Crippen molar-refractivity contribution in [2.24, 2.45) is 5.92 Å². The van der Waals surface area contributed by atoms with Crippen LogP contribution in [0.25, 0.3) is 0 Å². The predicted molar refractivity (Wildman–Crippen MR) is 52.6 cm³/mol. The van der Waals surface area contributed by atoms with E-state index in [-0.39, 0.29) is 13.1 Å². The zero-order valence-corrected chi connectivity index (χ0v) is 8.61. The molecule has 2 rings (SSSR count). The normalized spacial score (nSPS) is 16.8. The van der Waals surface area contributed by atoms with E-state index in [0.29, 0.717) is 5.69 Å². The smallest absolute Gasteiger partial charge is 0.433 e. The summed E-state index contributed by atoms with van der Waals surface area (Å²) < 4.78 is 37.1. The van der Waals surface area contributed by atoms with E-state index in [1.54, 1.807) is 4.90 Å². The molecular formula is C10H9F3N2O2. The summed E-state index contributed by atoms with van der Waals surface area (Å²) in [5.41, 5.74) is -0.612. The summed E-state index contributed by atoms with van der Waals surface area (Å²) in [5, 5.41) is 8.66. The van der Waals surface area contributed by atoms with Crippen molar-refractivity contribution in [3.63, 3.8) is 0 Å². The topological polar surface area (TPSA) is 53.4 Å². The third kappa shape index (κ3) is 2.32. The SMILES string of the molecule is O=C(O)C1CN(c2ccnc(C(F)(F)F)c2)C1. The van der Waals surface area contributed by atoms with E-state index in [1.165, 1.54) is 6.07 Å². The number of pyridine rings is 1. The molecule has 0 amide bonds. The van der Waals surface area contributed by atoms with Gasteiger partial charge in [0.2, 0.25) is 0 Å². The van der Waals surface area contributed by atoms with Gasteiger partial charge < -0.3 is 10.0 Å². The minimum absolute atomic E-state index is 0.233. The molecule has 0 saturated carbocycles. The van der Waals surface area contributed by atoms with E-state index < -0.39 is 23.8 Å². The van der Waals surface area contributed by atoms with Crippen LogP contribution in [0.2, 0.25) is 0 Å². The second-order valence-electron chi connectivity index (χ2n) is 3.84. The number of nitrogens with zero attached hydrogens (tertiary/aromatic N) is 2. The molecule has 1 saturated heterocycles. The van der Waals surface area contributed by atoms with Gasteiger partial charge in [-0.1, -0.05) is 0 Å². The number of carboxylic acids is 1. The molecule has 4 nitrogen and oxygen atoms in total. The van der Waals surface area contributed by atoms with E-state index >= 15 is 0 Å². The third-order valence-corrected chi connectivity index (χ3v) is 2.63. The average Bonchev–Trinajstić information content (AvgIpc) is 2.13. The predicted octanol–water partition coefficient (Wildman–Crippen LogP) is 1.62. The van der Waals surface area contributed by atoms with Crippen LogP contribution in [0.3, 0.4) is 0 Å². The average molecular weight is 246 g/mol. The Morgan fingerprint density at radius 2 is 2.12 bits per heavy atom. The Morgan fingerprint density at radius 1 is 1.47 bits per heavy atom. The molecule has 2 heterocycles. The number of carboxylic acid groups (broad SMARTS) is 1. The van der Waals surface area contributed by atoms with Gasteiger partial charge in [0.15, 0.2) is 0 Å². The van der Waals surface area contributed by atoms with Crippen LogP contribution in [0.4, 0.5) is 18.9 Å². The first kappa shape index (κ1) is 11.7. The van der Waals surface area contributed by atoms with Gasteiger partial charge in [-0.25, -0.2) is 0 Å². The maximum atomic E-state index is 12.4. The second kappa shape index (κ2) is 3.90. The van der Waals surface area contributed by atoms with Crippen LogP contribution in [0.15, 0.2) is 18.3 Å². The van der Waals surface area contributed by atoms with Gasteiger partial charge >= 0.3 is 12.1 Å². The molecule has 7 heteroatoms. The van der Waals surface area contributed by atoms with Crippen LogP contribution < -0.4 is 4.90 Å². The molecule has 17 heavy (non-hydrogen) atoms. The third-order valence-electron chi connectivity index (χ3n) is 2.63. The number of rotatable bonds is 2. The lowest BCUT2D eigenvalue weighted by Crippen LogP contribution is -2.50. The lowest BCUT2D eigenvalue weighted by atomic mass is 10.00. The minimum atomic E-state index is -4.48. The van der Waals surface area contributed by atoms with Crippen LogP contribution >= 0.6 is 0 Å². The summed E-state index contributed by atoms with van der Waals surface area (Å²) in [7, 11) is 0. The first-order chi connectivity index (χ1) is 7.88. The van der Waals surface area contributed by atoms with Gasteiger partial charge in [-0.2, -0.15) is 13.2 Å². The molecule has 0 bridgehead atoms. The van der Waals surface area contributed by atoms with E-state index in [2.05, 4.69) is 4.98 Å².